The fraction of sp³-hybridized carbons (Fsp3) is 0.222. The Morgan fingerprint density at radius 2 is 2.00 bits per heavy atom. The molecule has 0 aliphatic rings. The summed E-state index contributed by atoms with van der Waals surface area (Å²) < 4.78 is 6.96. The van der Waals surface area contributed by atoms with Gasteiger partial charge in [0.15, 0.2) is 6.10 Å². The van der Waals surface area contributed by atoms with Crippen molar-refractivity contribution in [1.82, 2.24) is 15.0 Å². The monoisotopic (exact) mass is 406 g/mol. The largest absolute Gasteiger partial charge is 0.449 e. The Labute approximate surface area is 165 Å². The maximum atomic E-state index is 12.3. The Kier molecular flexibility index (Phi) is 5.62. The van der Waals surface area contributed by atoms with Crippen LogP contribution in [0, 0.1) is 0 Å². The van der Waals surface area contributed by atoms with Crippen LogP contribution < -0.4 is 5.32 Å². The van der Waals surface area contributed by atoms with Gasteiger partial charge in [-0.25, -0.2) is 9.48 Å². The minimum absolute atomic E-state index is 0.287. The highest BCUT2D eigenvalue weighted by molar-refractivity contribution is 6.36. The Bertz CT molecular complexity index is 1020. The van der Waals surface area contributed by atoms with Crippen molar-refractivity contribution in [1.29, 1.82) is 0 Å². The van der Waals surface area contributed by atoms with Gasteiger partial charge in [-0.2, -0.15) is 0 Å². The second-order valence-electron chi connectivity index (χ2n) is 5.77. The highest BCUT2D eigenvalue weighted by Crippen LogP contribution is 2.25. The molecule has 0 unspecified atom stereocenters. The molecule has 1 aromatic heterocycles. The quantitative estimate of drug-likeness (QED) is 0.648. The van der Waals surface area contributed by atoms with Gasteiger partial charge in [-0.15, -0.1) is 5.10 Å². The molecule has 0 saturated heterocycles. The molecular weight excluding hydrogens is 391 g/mol. The van der Waals surface area contributed by atoms with Crippen LogP contribution >= 0.6 is 23.2 Å². The summed E-state index contributed by atoms with van der Waals surface area (Å²) in [4.78, 5) is 24.6. The first-order valence-electron chi connectivity index (χ1n) is 8.19. The van der Waals surface area contributed by atoms with Crippen molar-refractivity contribution >= 4 is 51.8 Å². The molecule has 9 heteroatoms. The first kappa shape index (κ1) is 19.1. The molecule has 0 bridgehead atoms. The van der Waals surface area contributed by atoms with Crippen molar-refractivity contribution in [2.75, 3.05) is 5.32 Å². The highest BCUT2D eigenvalue weighted by atomic mass is 35.5. The Hall–Kier alpha value is -2.64. The molecule has 0 saturated carbocycles. The summed E-state index contributed by atoms with van der Waals surface area (Å²) in [5.74, 6) is -1.14. The Morgan fingerprint density at radius 1 is 1.22 bits per heavy atom. The van der Waals surface area contributed by atoms with Gasteiger partial charge in [0, 0.05) is 11.6 Å². The summed E-state index contributed by atoms with van der Waals surface area (Å²) in [6.07, 6.45) is -1.02. The van der Waals surface area contributed by atoms with Gasteiger partial charge in [0.1, 0.15) is 5.52 Å². The first-order chi connectivity index (χ1) is 12.9. The number of hydrogen-bond donors (Lipinski definition) is 1. The molecule has 3 aromatic rings. The predicted molar refractivity (Wildman–Crippen MR) is 103 cm³/mol. The number of hydrogen-bond acceptors (Lipinski definition) is 5. The second kappa shape index (κ2) is 7.94. The number of esters is 1. The van der Waals surface area contributed by atoms with E-state index in [2.05, 4.69) is 15.6 Å². The molecule has 2 aromatic carbocycles. The molecule has 0 aliphatic heterocycles. The molecule has 140 valence electrons. The van der Waals surface area contributed by atoms with Crippen molar-refractivity contribution in [2.24, 2.45) is 0 Å². The first-order valence-corrected chi connectivity index (χ1v) is 8.94. The van der Waals surface area contributed by atoms with E-state index < -0.39 is 18.0 Å². The van der Waals surface area contributed by atoms with Gasteiger partial charge >= 0.3 is 5.97 Å². The van der Waals surface area contributed by atoms with Crippen molar-refractivity contribution in [3.05, 3.63) is 52.0 Å². The summed E-state index contributed by atoms with van der Waals surface area (Å²) in [5, 5.41) is 11.4. The molecule has 3 rings (SSSR count). The average Bonchev–Trinajstić information content (AvgIpc) is 3.06. The number of halogens is 2. The lowest BCUT2D eigenvalue weighted by molar-refractivity contribution is -0.123. The third-order valence-electron chi connectivity index (χ3n) is 3.89. The third kappa shape index (κ3) is 4.20. The van der Waals surface area contributed by atoms with Crippen molar-refractivity contribution in [2.45, 2.75) is 26.5 Å². The predicted octanol–water partition coefficient (Wildman–Crippen LogP) is 3.94. The molecule has 1 heterocycles. The summed E-state index contributed by atoms with van der Waals surface area (Å²) in [6.45, 7) is 4.09. The average molecular weight is 407 g/mol. The summed E-state index contributed by atoms with van der Waals surface area (Å²) in [5.41, 5.74) is 2.06. The fourth-order valence-corrected chi connectivity index (χ4v) is 2.90. The van der Waals surface area contributed by atoms with Gasteiger partial charge in [0.2, 0.25) is 0 Å². The summed E-state index contributed by atoms with van der Waals surface area (Å²) >= 11 is 11.9. The van der Waals surface area contributed by atoms with Crippen LogP contribution in [0.2, 0.25) is 10.0 Å². The lowest BCUT2D eigenvalue weighted by Gasteiger charge is -2.14. The minimum atomic E-state index is -1.02. The van der Waals surface area contributed by atoms with E-state index in [9.17, 15) is 9.59 Å². The van der Waals surface area contributed by atoms with Gasteiger partial charge in [-0.05, 0) is 50.2 Å². The highest BCUT2D eigenvalue weighted by Gasteiger charge is 2.20. The molecule has 0 radical (unpaired) electrons. The number of aryl methyl sites for hydroxylation is 1. The molecule has 0 fully saturated rings. The van der Waals surface area contributed by atoms with Crippen molar-refractivity contribution in [3.8, 4) is 0 Å². The number of rotatable bonds is 5. The number of nitrogens with zero attached hydrogens (tertiary/aromatic N) is 3. The van der Waals surface area contributed by atoms with Gasteiger partial charge in [-0.1, -0.05) is 28.4 Å². The van der Waals surface area contributed by atoms with Crippen molar-refractivity contribution in [3.63, 3.8) is 0 Å². The van der Waals surface area contributed by atoms with Gasteiger partial charge in [0.25, 0.3) is 5.91 Å². The smallest absolute Gasteiger partial charge is 0.338 e. The topological polar surface area (TPSA) is 86.1 Å². The van der Waals surface area contributed by atoms with Crippen LogP contribution in [0.3, 0.4) is 0 Å². The van der Waals surface area contributed by atoms with Gasteiger partial charge in [-0.3, -0.25) is 4.79 Å². The molecule has 0 aliphatic carbocycles. The fourth-order valence-electron chi connectivity index (χ4n) is 2.44. The van der Waals surface area contributed by atoms with Crippen molar-refractivity contribution < 1.29 is 14.3 Å². The van der Waals surface area contributed by atoms with Crippen LogP contribution in [0.15, 0.2) is 36.4 Å². The summed E-state index contributed by atoms with van der Waals surface area (Å²) in [6, 6.07) is 9.61. The number of carbonyl (C=O) groups is 2. The van der Waals surface area contributed by atoms with E-state index in [1.54, 1.807) is 35.0 Å². The maximum absolute atomic E-state index is 12.3. The molecule has 7 nitrogen and oxygen atoms in total. The lowest BCUT2D eigenvalue weighted by Crippen LogP contribution is -2.30. The zero-order valence-corrected chi connectivity index (χ0v) is 16.1. The third-order valence-corrected chi connectivity index (χ3v) is 4.44. The van der Waals surface area contributed by atoms with E-state index in [4.69, 9.17) is 27.9 Å². The van der Waals surface area contributed by atoms with E-state index in [-0.39, 0.29) is 5.56 Å². The summed E-state index contributed by atoms with van der Waals surface area (Å²) in [7, 11) is 0. The number of nitrogens with one attached hydrogen (secondary N) is 1. The minimum Gasteiger partial charge on any atom is -0.449 e. The van der Waals surface area contributed by atoms with E-state index >= 15 is 0 Å². The van der Waals surface area contributed by atoms with E-state index in [0.29, 0.717) is 27.8 Å². The zero-order chi connectivity index (χ0) is 19.6. The van der Waals surface area contributed by atoms with Crippen LogP contribution in [0.25, 0.3) is 11.0 Å². The molecule has 1 amide bonds. The number of benzene rings is 2. The normalized spacial score (nSPS) is 12.0. The van der Waals surface area contributed by atoms with Gasteiger partial charge < -0.3 is 10.1 Å². The van der Waals surface area contributed by atoms with Crippen LogP contribution in [0.4, 0.5) is 5.69 Å². The number of amides is 1. The Balaban J connectivity index is 1.68. The number of anilines is 1. The van der Waals surface area contributed by atoms with E-state index in [1.807, 2.05) is 6.92 Å². The van der Waals surface area contributed by atoms with Crippen LogP contribution in [0.1, 0.15) is 24.2 Å². The number of carbonyl (C=O) groups excluding carboxylic acids is 2. The lowest BCUT2D eigenvalue weighted by atomic mass is 10.2. The number of fused-ring (bicyclic) bond motifs is 1. The molecule has 1 atom stereocenters. The van der Waals surface area contributed by atoms with E-state index in [1.165, 1.54) is 13.0 Å². The number of aromatic nitrogens is 3. The molecular formula is C18H16Cl2N4O3. The second-order valence-corrected chi connectivity index (χ2v) is 6.61. The molecule has 0 spiro atoms. The molecule has 27 heavy (non-hydrogen) atoms. The van der Waals surface area contributed by atoms with Gasteiger partial charge in [0.05, 0.1) is 21.8 Å². The SMILES string of the molecule is CCn1nnc2cc(C(=O)O[C@H](C)C(=O)Nc3ccc(Cl)cc3Cl)ccc21. The van der Waals surface area contributed by atoms with Crippen LogP contribution in [-0.4, -0.2) is 33.0 Å². The van der Waals surface area contributed by atoms with Crippen LogP contribution in [-0.2, 0) is 16.1 Å². The maximum Gasteiger partial charge on any atom is 0.338 e. The number of ether oxygens (including phenoxy) is 1. The van der Waals surface area contributed by atoms with E-state index in [0.717, 1.165) is 5.52 Å². The van der Waals surface area contributed by atoms with Crippen LogP contribution in [0.5, 0.6) is 0 Å². The zero-order valence-electron chi connectivity index (χ0n) is 14.6. The standard InChI is InChI=1S/C18H16Cl2N4O3/c1-3-24-16-7-4-11(8-15(16)22-23-24)18(26)27-10(2)17(25)21-14-6-5-12(19)9-13(14)20/h4-10H,3H2,1-2H3,(H,21,25)/t10-/m1/s1. The molecule has 1 N–H and O–H groups in total. The Morgan fingerprint density at radius 3 is 2.70 bits per heavy atom.